The van der Waals surface area contributed by atoms with Crippen LogP contribution in [0.4, 0.5) is 24.5 Å². The van der Waals surface area contributed by atoms with Gasteiger partial charge in [-0.15, -0.1) is 0 Å². The predicted octanol–water partition coefficient (Wildman–Crippen LogP) is 4.72. The molecule has 0 unspecified atom stereocenters. The lowest BCUT2D eigenvalue weighted by Gasteiger charge is -2.10. The quantitative estimate of drug-likeness (QED) is 0.182. The Balaban J connectivity index is 1.65. The highest BCUT2D eigenvalue weighted by atomic mass is 19.4. The SMILES string of the molecule is Nc1ccc(C/C(=C\c2ccc(OC(=O)c3ccc(OCC(F)(F)F)cc3)cc2)C(=O)O)c(N)c1. The van der Waals surface area contributed by atoms with E-state index < -0.39 is 24.7 Å². The Labute approximate surface area is 198 Å². The molecule has 182 valence electrons. The minimum Gasteiger partial charge on any atom is -0.484 e. The molecule has 3 rings (SSSR count). The summed E-state index contributed by atoms with van der Waals surface area (Å²) >= 11 is 0. The van der Waals surface area contributed by atoms with Gasteiger partial charge >= 0.3 is 18.1 Å². The van der Waals surface area contributed by atoms with Crippen molar-refractivity contribution in [3.8, 4) is 11.5 Å². The fourth-order valence-electron chi connectivity index (χ4n) is 3.02. The Kier molecular flexibility index (Phi) is 7.65. The molecule has 0 spiro atoms. The summed E-state index contributed by atoms with van der Waals surface area (Å²) < 4.78 is 46.5. The standard InChI is InChI=1S/C25H21F3N2O5/c26-25(27,28)14-34-20-9-4-16(5-10-20)24(33)35-21-7-1-15(2-8-21)11-18(23(31)32)12-17-3-6-19(29)13-22(17)30/h1-11,13H,12,14,29-30H2,(H,31,32)/b18-11+. The Bertz CT molecular complexity index is 1240. The molecule has 0 bridgehead atoms. The number of nitrogen functional groups attached to an aromatic ring is 2. The van der Waals surface area contributed by atoms with E-state index in [1.807, 2.05) is 0 Å². The molecule has 0 aliphatic heterocycles. The second-order valence-electron chi connectivity index (χ2n) is 7.50. The number of carboxylic acids is 1. The minimum absolute atomic E-state index is 0.0371. The molecule has 35 heavy (non-hydrogen) atoms. The number of carbonyl (C=O) groups excluding carboxylic acids is 1. The topological polar surface area (TPSA) is 125 Å². The first-order chi connectivity index (χ1) is 16.5. The zero-order valence-electron chi connectivity index (χ0n) is 18.2. The van der Waals surface area contributed by atoms with Crippen LogP contribution in [-0.4, -0.2) is 29.8 Å². The Morgan fingerprint density at radius 1 is 0.914 bits per heavy atom. The molecule has 3 aromatic carbocycles. The average molecular weight is 486 g/mol. The normalized spacial score (nSPS) is 11.7. The van der Waals surface area contributed by atoms with Crippen molar-refractivity contribution >= 4 is 29.4 Å². The van der Waals surface area contributed by atoms with Crippen LogP contribution >= 0.6 is 0 Å². The average Bonchev–Trinajstić information content (AvgIpc) is 2.79. The molecule has 7 nitrogen and oxygen atoms in total. The van der Waals surface area contributed by atoms with Gasteiger partial charge in [-0.1, -0.05) is 18.2 Å². The summed E-state index contributed by atoms with van der Waals surface area (Å²) in [4.78, 5) is 24.0. The number of benzene rings is 3. The monoisotopic (exact) mass is 486 g/mol. The highest BCUT2D eigenvalue weighted by Crippen LogP contribution is 2.23. The van der Waals surface area contributed by atoms with E-state index in [1.165, 1.54) is 42.5 Å². The molecule has 0 amide bonds. The van der Waals surface area contributed by atoms with Gasteiger partial charge in [-0.2, -0.15) is 13.2 Å². The van der Waals surface area contributed by atoms with Crippen LogP contribution in [0.1, 0.15) is 21.5 Å². The van der Waals surface area contributed by atoms with Gasteiger partial charge in [-0.3, -0.25) is 0 Å². The Morgan fingerprint density at radius 2 is 1.54 bits per heavy atom. The van der Waals surface area contributed by atoms with Gasteiger partial charge in [-0.25, -0.2) is 9.59 Å². The predicted molar refractivity (Wildman–Crippen MR) is 124 cm³/mol. The summed E-state index contributed by atoms with van der Waals surface area (Å²) in [6.45, 7) is -1.44. The highest BCUT2D eigenvalue weighted by molar-refractivity contribution is 5.93. The van der Waals surface area contributed by atoms with Gasteiger partial charge in [0.05, 0.1) is 5.56 Å². The van der Waals surface area contributed by atoms with Crippen molar-refractivity contribution < 1.29 is 37.3 Å². The van der Waals surface area contributed by atoms with Crippen molar-refractivity contribution in [2.45, 2.75) is 12.6 Å². The molecule has 0 heterocycles. The summed E-state index contributed by atoms with van der Waals surface area (Å²) in [6, 6.07) is 16.0. The first-order valence-corrected chi connectivity index (χ1v) is 10.2. The van der Waals surface area contributed by atoms with Gasteiger partial charge in [0, 0.05) is 23.4 Å². The summed E-state index contributed by atoms with van der Waals surface area (Å²) in [5, 5.41) is 9.57. The molecular formula is C25H21F3N2O5. The van der Waals surface area contributed by atoms with Crippen molar-refractivity contribution in [2.24, 2.45) is 0 Å². The van der Waals surface area contributed by atoms with E-state index in [0.717, 1.165) is 0 Å². The number of ether oxygens (including phenoxy) is 2. The first kappa shape index (κ1) is 25.2. The molecular weight excluding hydrogens is 465 g/mol. The van der Waals surface area contributed by atoms with Gasteiger partial charge in [0.25, 0.3) is 0 Å². The first-order valence-electron chi connectivity index (χ1n) is 10.2. The van der Waals surface area contributed by atoms with Gasteiger partial charge in [0.2, 0.25) is 0 Å². The summed E-state index contributed by atoms with van der Waals surface area (Å²) in [7, 11) is 0. The summed E-state index contributed by atoms with van der Waals surface area (Å²) in [5.41, 5.74) is 13.8. The lowest BCUT2D eigenvalue weighted by atomic mass is 10.0. The fraction of sp³-hybridized carbons (Fsp3) is 0.120. The minimum atomic E-state index is -4.46. The maximum atomic E-state index is 12.3. The van der Waals surface area contributed by atoms with E-state index >= 15 is 0 Å². The van der Waals surface area contributed by atoms with Crippen LogP contribution in [0.25, 0.3) is 6.08 Å². The molecule has 0 aliphatic carbocycles. The molecule has 5 N–H and O–H groups in total. The molecule has 0 aliphatic rings. The second kappa shape index (κ2) is 10.6. The number of anilines is 2. The van der Waals surface area contributed by atoms with Crippen LogP contribution in [-0.2, 0) is 11.2 Å². The van der Waals surface area contributed by atoms with E-state index in [-0.39, 0.29) is 29.1 Å². The van der Waals surface area contributed by atoms with Gasteiger partial charge in [0.1, 0.15) is 11.5 Å². The molecule has 3 aromatic rings. The van der Waals surface area contributed by atoms with E-state index in [9.17, 15) is 27.9 Å². The van der Waals surface area contributed by atoms with Crippen molar-refractivity contribution in [1.29, 1.82) is 0 Å². The third-order valence-corrected chi connectivity index (χ3v) is 4.75. The number of rotatable bonds is 8. The number of hydrogen-bond donors (Lipinski definition) is 3. The largest absolute Gasteiger partial charge is 0.484 e. The maximum absolute atomic E-state index is 12.3. The zero-order valence-corrected chi connectivity index (χ0v) is 18.2. The number of carboxylic acid groups (broad SMARTS) is 1. The molecule has 0 saturated heterocycles. The van der Waals surface area contributed by atoms with Crippen molar-refractivity contribution in [3.63, 3.8) is 0 Å². The van der Waals surface area contributed by atoms with E-state index in [4.69, 9.17) is 16.2 Å². The molecule has 0 radical (unpaired) electrons. The van der Waals surface area contributed by atoms with Crippen molar-refractivity contribution in [1.82, 2.24) is 0 Å². The highest BCUT2D eigenvalue weighted by Gasteiger charge is 2.28. The smallest absolute Gasteiger partial charge is 0.422 e. The van der Waals surface area contributed by atoms with Gasteiger partial charge < -0.3 is 26.0 Å². The van der Waals surface area contributed by atoms with Crippen LogP contribution in [0.5, 0.6) is 11.5 Å². The second-order valence-corrected chi connectivity index (χ2v) is 7.50. The molecule has 0 fully saturated rings. The Morgan fingerprint density at radius 3 is 2.11 bits per heavy atom. The van der Waals surface area contributed by atoms with Crippen LogP contribution in [0.2, 0.25) is 0 Å². The van der Waals surface area contributed by atoms with Crippen molar-refractivity contribution in [3.05, 3.63) is 89.0 Å². The summed E-state index contributed by atoms with van der Waals surface area (Å²) in [6.07, 6.45) is -2.90. The van der Waals surface area contributed by atoms with Crippen LogP contribution in [0.3, 0.4) is 0 Å². The van der Waals surface area contributed by atoms with E-state index in [0.29, 0.717) is 22.5 Å². The lowest BCUT2D eigenvalue weighted by Crippen LogP contribution is -2.19. The van der Waals surface area contributed by atoms with Gasteiger partial charge in [-0.05, 0) is 65.7 Å². The lowest BCUT2D eigenvalue weighted by molar-refractivity contribution is -0.153. The maximum Gasteiger partial charge on any atom is 0.422 e. The number of nitrogens with two attached hydrogens (primary N) is 2. The van der Waals surface area contributed by atoms with E-state index in [1.54, 1.807) is 30.3 Å². The number of aliphatic carboxylic acids is 1. The molecule has 0 atom stereocenters. The molecule has 0 aromatic heterocycles. The Hall–Kier alpha value is -4.47. The zero-order chi connectivity index (χ0) is 25.6. The van der Waals surface area contributed by atoms with Crippen molar-refractivity contribution in [2.75, 3.05) is 18.1 Å². The third kappa shape index (κ3) is 7.53. The fourth-order valence-corrected chi connectivity index (χ4v) is 3.02. The molecule has 10 heteroatoms. The summed E-state index contributed by atoms with van der Waals surface area (Å²) in [5.74, 6) is -1.67. The third-order valence-electron chi connectivity index (χ3n) is 4.75. The number of alkyl halides is 3. The number of esters is 1. The molecule has 0 saturated carbocycles. The van der Waals surface area contributed by atoms with Crippen LogP contribution in [0, 0.1) is 0 Å². The van der Waals surface area contributed by atoms with Crippen LogP contribution < -0.4 is 20.9 Å². The van der Waals surface area contributed by atoms with Gasteiger partial charge in [0.15, 0.2) is 6.61 Å². The van der Waals surface area contributed by atoms with Crippen LogP contribution in [0.15, 0.2) is 72.3 Å². The number of carbonyl (C=O) groups is 2. The van der Waals surface area contributed by atoms with E-state index in [2.05, 4.69) is 4.74 Å². The number of halogens is 3. The number of hydrogen-bond acceptors (Lipinski definition) is 6.